The molecule has 0 radical (unpaired) electrons. The number of halogens is 1. The van der Waals surface area contributed by atoms with E-state index in [1.807, 2.05) is 30.3 Å². The third kappa shape index (κ3) is 2.02. The summed E-state index contributed by atoms with van der Waals surface area (Å²) in [5.41, 5.74) is 6.77. The van der Waals surface area contributed by atoms with Gasteiger partial charge in [0.05, 0.1) is 6.20 Å². The van der Waals surface area contributed by atoms with Crippen molar-refractivity contribution in [1.29, 1.82) is 5.26 Å². The molecule has 78 valence electrons. The lowest BCUT2D eigenvalue weighted by Gasteiger charge is -2.02. The molecular formula is C11H7BrN4. The fraction of sp³-hybridized carbons (Fsp3) is 0. The standard InChI is InChI=1S/C11H7BrN4/c12-9-3-1-7(2-4-9)11-15-6-8(5-13)10(14)16-11/h1-4,6H,(H2,14,15,16). The Morgan fingerprint density at radius 1 is 1.25 bits per heavy atom. The van der Waals surface area contributed by atoms with Gasteiger partial charge in [0.25, 0.3) is 0 Å². The molecule has 0 atom stereocenters. The zero-order valence-electron chi connectivity index (χ0n) is 8.18. The van der Waals surface area contributed by atoms with Crippen molar-refractivity contribution in [1.82, 2.24) is 9.97 Å². The van der Waals surface area contributed by atoms with Gasteiger partial charge in [0.1, 0.15) is 17.5 Å². The number of hydrogen-bond acceptors (Lipinski definition) is 4. The molecule has 0 saturated heterocycles. The second-order valence-electron chi connectivity index (χ2n) is 3.11. The van der Waals surface area contributed by atoms with Crippen LogP contribution in [0.15, 0.2) is 34.9 Å². The van der Waals surface area contributed by atoms with Crippen molar-refractivity contribution in [3.63, 3.8) is 0 Å². The Bertz CT molecular complexity index is 557. The molecule has 2 rings (SSSR count). The summed E-state index contributed by atoms with van der Waals surface area (Å²) in [5.74, 6) is 0.722. The maximum Gasteiger partial charge on any atom is 0.161 e. The van der Waals surface area contributed by atoms with Gasteiger partial charge >= 0.3 is 0 Å². The Hall–Kier alpha value is -1.93. The van der Waals surface area contributed by atoms with E-state index < -0.39 is 0 Å². The lowest BCUT2D eigenvalue weighted by atomic mass is 10.2. The molecule has 2 aromatic rings. The predicted octanol–water partition coefficient (Wildman–Crippen LogP) is 2.36. The fourth-order valence-corrected chi connectivity index (χ4v) is 1.48. The molecule has 1 aromatic heterocycles. The van der Waals surface area contributed by atoms with Gasteiger partial charge in [-0.05, 0) is 12.1 Å². The first kappa shape index (κ1) is 10.6. The number of nitriles is 1. The van der Waals surface area contributed by atoms with Crippen molar-refractivity contribution in [3.8, 4) is 17.5 Å². The molecule has 0 fully saturated rings. The number of nitrogen functional groups attached to an aromatic ring is 1. The Morgan fingerprint density at radius 3 is 2.50 bits per heavy atom. The van der Waals surface area contributed by atoms with Gasteiger partial charge in [-0.3, -0.25) is 0 Å². The molecule has 2 N–H and O–H groups in total. The largest absolute Gasteiger partial charge is 0.382 e. The van der Waals surface area contributed by atoms with E-state index in [2.05, 4.69) is 25.9 Å². The van der Waals surface area contributed by atoms with Crippen LogP contribution in [0.4, 0.5) is 5.82 Å². The molecule has 0 aliphatic carbocycles. The average molecular weight is 275 g/mol. The first-order chi connectivity index (χ1) is 7.70. The van der Waals surface area contributed by atoms with E-state index in [1.54, 1.807) is 0 Å². The minimum absolute atomic E-state index is 0.204. The number of aromatic nitrogens is 2. The molecule has 0 saturated carbocycles. The molecule has 5 heteroatoms. The number of rotatable bonds is 1. The lowest BCUT2D eigenvalue weighted by Crippen LogP contribution is -1.98. The van der Waals surface area contributed by atoms with Gasteiger partial charge in [-0.2, -0.15) is 5.26 Å². The van der Waals surface area contributed by atoms with Gasteiger partial charge in [0.15, 0.2) is 5.82 Å². The van der Waals surface area contributed by atoms with Crippen LogP contribution >= 0.6 is 15.9 Å². The van der Waals surface area contributed by atoms with Crippen LogP contribution in [0.25, 0.3) is 11.4 Å². The third-order valence-corrected chi connectivity index (χ3v) is 2.57. The Balaban J connectivity index is 2.46. The monoisotopic (exact) mass is 274 g/mol. The van der Waals surface area contributed by atoms with Gasteiger partial charge in [0.2, 0.25) is 0 Å². The van der Waals surface area contributed by atoms with E-state index >= 15 is 0 Å². The van der Waals surface area contributed by atoms with Gasteiger partial charge < -0.3 is 5.73 Å². The van der Waals surface area contributed by atoms with Gasteiger partial charge in [0, 0.05) is 10.0 Å². The maximum atomic E-state index is 8.70. The van der Waals surface area contributed by atoms with Crippen molar-refractivity contribution < 1.29 is 0 Å². The van der Waals surface area contributed by atoms with Crippen molar-refractivity contribution in [3.05, 3.63) is 40.5 Å². The molecule has 4 nitrogen and oxygen atoms in total. The zero-order chi connectivity index (χ0) is 11.5. The van der Waals surface area contributed by atoms with E-state index in [0.717, 1.165) is 10.0 Å². The summed E-state index contributed by atoms with van der Waals surface area (Å²) in [6.45, 7) is 0. The average Bonchev–Trinajstić information content (AvgIpc) is 2.30. The number of hydrogen-bond donors (Lipinski definition) is 1. The number of nitrogens with zero attached hydrogens (tertiary/aromatic N) is 3. The molecule has 0 unspecified atom stereocenters. The highest BCUT2D eigenvalue weighted by molar-refractivity contribution is 9.10. The second-order valence-corrected chi connectivity index (χ2v) is 4.03. The quantitative estimate of drug-likeness (QED) is 0.866. The highest BCUT2D eigenvalue weighted by Crippen LogP contribution is 2.19. The second kappa shape index (κ2) is 4.29. The Kier molecular flexibility index (Phi) is 2.84. The molecule has 16 heavy (non-hydrogen) atoms. The van der Waals surface area contributed by atoms with Crippen molar-refractivity contribution in [2.24, 2.45) is 0 Å². The zero-order valence-corrected chi connectivity index (χ0v) is 9.77. The van der Waals surface area contributed by atoms with Gasteiger partial charge in [-0.25, -0.2) is 9.97 Å². The van der Waals surface area contributed by atoms with E-state index in [4.69, 9.17) is 11.0 Å². The SMILES string of the molecule is N#Cc1cnc(-c2ccc(Br)cc2)nc1N. The third-order valence-electron chi connectivity index (χ3n) is 2.04. The molecule has 0 aliphatic rings. The molecule has 0 aliphatic heterocycles. The minimum atomic E-state index is 0.204. The van der Waals surface area contributed by atoms with E-state index in [9.17, 15) is 0 Å². The summed E-state index contributed by atoms with van der Waals surface area (Å²) in [7, 11) is 0. The van der Waals surface area contributed by atoms with Crippen LogP contribution in [0.3, 0.4) is 0 Å². The molecule has 0 amide bonds. The van der Waals surface area contributed by atoms with Gasteiger partial charge in [-0.1, -0.05) is 28.1 Å². The van der Waals surface area contributed by atoms with Crippen LogP contribution in [0, 0.1) is 11.3 Å². The molecule has 1 heterocycles. The summed E-state index contributed by atoms with van der Waals surface area (Å²) in [5, 5.41) is 8.70. The van der Waals surface area contributed by atoms with Crippen LogP contribution in [0.2, 0.25) is 0 Å². The summed E-state index contributed by atoms with van der Waals surface area (Å²) < 4.78 is 0.984. The van der Waals surface area contributed by atoms with Crippen LogP contribution in [0.5, 0.6) is 0 Å². The predicted molar refractivity (Wildman–Crippen MR) is 64.3 cm³/mol. The maximum absolute atomic E-state index is 8.70. The summed E-state index contributed by atoms with van der Waals surface area (Å²) in [6.07, 6.45) is 1.43. The molecular weight excluding hydrogens is 268 g/mol. The van der Waals surface area contributed by atoms with Gasteiger partial charge in [-0.15, -0.1) is 0 Å². The number of nitrogens with two attached hydrogens (primary N) is 1. The first-order valence-electron chi connectivity index (χ1n) is 4.49. The molecule has 1 aromatic carbocycles. The highest BCUT2D eigenvalue weighted by atomic mass is 79.9. The minimum Gasteiger partial charge on any atom is -0.382 e. The van der Waals surface area contributed by atoms with Crippen LogP contribution in [0.1, 0.15) is 5.56 Å². The molecule has 0 bridgehead atoms. The van der Waals surface area contributed by atoms with Crippen LogP contribution in [-0.2, 0) is 0 Å². The summed E-state index contributed by atoms with van der Waals surface area (Å²) in [6, 6.07) is 9.48. The van der Waals surface area contributed by atoms with Crippen molar-refractivity contribution in [2.75, 3.05) is 5.73 Å². The Morgan fingerprint density at radius 2 is 1.94 bits per heavy atom. The fourth-order valence-electron chi connectivity index (χ4n) is 1.22. The van der Waals surface area contributed by atoms with Crippen LogP contribution < -0.4 is 5.73 Å². The lowest BCUT2D eigenvalue weighted by molar-refractivity contribution is 1.17. The molecule has 0 spiro atoms. The van der Waals surface area contributed by atoms with E-state index in [0.29, 0.717) is 11.4 Å². The topological polar surface area (TPSA) is 75.6 Å². The first-order valence-corrected chi connectivity index (χ1v) is 5.28. The number of anilines is 1. The van der Waals surface area contributed by atoms with Crippen LogP contribution in [-0.4, -0.2) is 9.97 Å². The smallest absolute Gasteiger partial charge is 0.161 e. The van der Waals surface area contributed by atoms with Crippen molar-refractivity contribution in [2.45, 2.75) is 0 Å². The van der Waals surface area contributed by atoms with E-state index in [1.165, 1.54) is 6.20 Å². The normalized spacial score (nSPS) is 9.75. The van der Waals surface area contributed by atoms with E-state index in [-0.39, 0.29) is 5.82 Å². The van der Waals surface area contributed by atoms with Crippen molar-refractivity contribution >= 4 is 21.7 Å². The summed E-state index contributed by atoms with van der Waals surface area (Å²) >= 11 is 3.35. The number of benzene rings is 1. The highest BCUT2D eigenvalue weighted by Gasteiger charge is 2.05. The Labute approximate surface area is 101 Å². The summed E-state index contributed by atoms with van der Waals surface area (Å²) in [4.78, 5) is 8.15.